The minimum atomic E-state index is -3.89. The summed E-state index contributed by atoms with van der Waals surface area (Å²) < 4.78 is 27.3. The fourth-order valence-electron chi connectivity index (χ4n) is 2.57. The van der Waals surface area contributed by atoms with Gasteiger partial charge in [-0.25, -0.2) is 13.1 Å². The van der Waals surface area contributed by atoms with Crippen LogP contribution in [0.4, 0.5) is 5.69 Å². The van der Waals surface area contributed by atoms with Crippen LogP contribution in [0.3, 0.4) is 0 Å². The minimum Gasteiger partial charge on any atom is -0.314 e. The molecule has 10 heteroatoms. The number of piperazine rings is 1. The third kappa shape index (κ3) is 4.87. The lowest BCUT2D eigenvalue weighted by molar-refractivity contribution is -0.385. The van der Waals surface area contributed by atoms with Crippen molar-refractivity contribution < 1.29 is 13.3 Å². The van der Waals surface area contributed by atoms with E-state index in [1.165, 1.54) is 12.1 Å². The average Bonchev–Trinajstić information content (AvgIpc) is 2.54. The Bertz CT molecular complexity index is 705. The number of nitrogens with zero attached hydrogens (tertiary/aromatic N) is 2. The molecule has 0 aliphatic carbocycles. The van der Waals surface area contributed by atoms with Crippen LogP contribution in [0.5, 0.6) is 0 Å². The van der Waals surface area contributed by atoms with Crippen LogP contribution in [0.25, 0.3) is 0 Å². The molecule has 2 rings (SSSR count). The number of benzene rings is 1. The molecule has 0 bridgehead atoms. The Labute approximate surface area is 146 Å². The molecule has 1 fully saturated rings. The summed E-state index contributed by atoms with van der Waals surface area (Å²) in [5.74, 6) is 0. The van der Waals surface area contributed by atoms with Gasteiger partial charge in [-0.2, -0.15) is 0 Å². The first-order valence-electron chi connectivity index (χ1n) is 7.68. The standard InChI is InChI=1S/C14H21ClN4O4S/c1-11-9-12(19(20)21)14(15)13(10-11)24(22,23)17-3-2-6-18-7-4-16-5-8-18/h9-10,16-17H,2-8H2,1H3. The van der Waals surface area contributed by atoms with Crippen LogP contribution in [0.2, 0.25) is 5.02 Å². The monoisotopic (exact) mass is 376 g/mol. The van der Waals surface area contributed by atoms with Gasteiger partial charge in [0.05, 0.1) is 4.92 Å². The summed E-state index contributed by atoms with van der Waals surface area (Å²) >= 11 is 5.92. The van der Waals surface area contributed by atoms with Crippen LogP contribution in [0.1, 0.15) is 12.0 Å². The Kier molecular flexibility index (Phi) is 6.53. The van der Waals surface area contributed by atoms with E-state index in [1.807, 2.05) is 0 Å². The molecule has 1 saturated heterocycles. The summed E-state index contributed by atoms with van der Waals surface area (Å²) in [4.78, 5) is 12.3. The van der Waals surface area contributed by atoms with Gasteiger partial charge in [0.25, 0.3) is 5.69 Å². The van der Waals surface area contributed by atoms with Crippen LogP contribution in [0.15, 0.2) is 17.0 Å². The van der Waals surface area contributed by atoms with Gasteiger partial charge in [-0.15, -0.1) is 0 Å². The molecule has 24 heavy (non-hydrogen) atoms. The van der Waals surface area contributed by atoms with E-state index in [4.69, 9.17) is 11.6 Å². The third-order valence-electron chi connectivity index (χ3n) is 3.80. The van der Waals surface area contributed by atoms with E-state index in [1.54, 1.807) is 6.92 Å². The van der Waals surface area contributed by atoms with Gasteiger partial charge in [0.15, 0.2) is 0 Å². The predicted molar refractivity (Wildman–Crippen MR) is 92.0 cm³/mol. The molecular weight excluding hydrogens is 356 g/mol. The van der Waals surface area contributed by atoms with Crippen LogP contribution in [-0.4, -0.2) is 57.5 Å². The molecule has 0 amide bonds. The molecule has 1 aromatic rings. The van der Waals surface area contributed by atoms with Crippen molar-refractivity contribution >= 4 is 27.3 Å². The van der Waals surface area contributed by atoms with Crippen molar-refractivity contribution in [1.29, 1.82) is 0 Å². The highest BCUT2D eigenvalue weighted by molar-refractivity contribution is 7.89. The zero-order valence-corrected chi connectivity index (χ0v) is 15.0. The smallest absolute Gasteiger partial charge is 0.289 e. The second-order valence-corrected chi connectivity index (χ2v) is 7.81. The van der Waals surface area contributed by atoms with Crippen molar-refractivity contribution in [3.63, 3.8) is 0 Å². The third-order valence-corrected chi connectivity index (χ3v) is 5.80. The molecule has 1 aliphatic heterocycles. The van der Waals surface area contributed by atoms with Crippen molar-refractivity contribution in [2.45, 2.75) is 18.2 Å². The summed E-state index contributed by atoms with van der Waals surface area (Å²) in [5, 5.41) is 13.9. The van der Waals surface area contributed by atoms with E-state index in [2.05, 4.69) is 14.9 Å². The van der Waals surface area contributed by atoms with Crippen molar-refractivity contribution in [2.24, 2.45) is 0 Å². The molecule has 0 aromatic heterocycles. The first-order valence-corrected chi connectivity index (χ1v) is 9.54. The lowest BCUT2D eigenvalue weighted by atomic mass is 10.2. The molecule has 1 aliphatic rings. The Hall–Kier alpha value is -1.26. The fraction of sp³-hybridized carbons (Fsp3) is 0.571. The topological polar surface area (TPSA) is 105 Å². The Morgan fingerprint density at radius 3 is 2.67 bits per heavy atom. The number of sulfonamides is 1. The van der Waals surface area contributed by atoms with Crippen molar-refractivity contribution in [3.8, 4) is 0 Å². The van der Waals surface area contributed by atoms with E-state index in [0.29, 0.717) is 12.0 Å². The number of nitro groups is 1. The van der Waals surface area contributed by atoms with Gasteiger partial charge in [-0.3, -0.25) is 10.1 Å². The Balaban J connectivity index is 2.01. The maximum Gasteiger partial charge on any atom is 0.289 e. The SMILES string of the molecule is Cc1cc([N+](=O)[O-])c(Cl)c(S(=O)(=O)NCCCN2CCNCC2)c1. The zero-order chi connectivity index (χ0) is 17.7. The Morgan fingerprint density at radius 1 is 1.38 bits per heavy atom. The van der Waals surface area contributed by atoms with Gasteiger partial charge in [0.2, 0.25) is 10.0 Å². The van der Waals surface area contributed by atoms with Gasteiger partial charge >= 0.3 is 0 Å². The van der Waals surface area contributed by atoms with Crippen LogP contribution in [-0.2, 0) is 10.0 Å². The highest BCUT2D eigenvalue weighted by Gasteiger charge is 2.25. The maximum absolute atomic E-state index is 12.4. The number of aryl methyl sites for hydroxylation is 1. The molecule has 8 nitrogen and oxygen atoms in total. The largest absolute Gasteiger partial charge is 0.314 e. The summed E-state index contributed by atoms with van der Waals surface area (Å²) in [6.07, 6.45) is 0.657. The number of nitrogens with one attached hydrogen (secondary N) is 2. The molecule has 1 heterocycles. The normalized spacial score (nSPS) is 16.2. The van der Waals surface area contributed by atoms with E-state index in [-0.39, 0.29) is 16.5 Å². The predicted octanol–water partition coefficient (Wildman–Crippen LogP) is 1.13. The molecule has 0 atom stereocenters. The van der Waals surface area contributed by atoms with E-state index in [0.717, 1.165) is 32.7 Å². The van der Waals surface area contributed by atoms with Crippen LogP contribution >= 0.6 is 11.6 Å². The second kappa shape index (κ2) is 8.21. The van der Waals surface area contributed by atoms with Gasteiger partial charge < -0.3 is 10.2 Å². The first kappa shape index (κ1) is 19.1. The van der Waals surface area contributed by atoms with E-state index < -0.39 is 20.6 Å². The molecular formula is C14H21ClN4O4S. The molecule has 0 radical (unpaired) electrons. The number of hydrogen-bond acceptors (Lipinski definition) is 6. The molecule has 2 N–H and O–H groups in total. The molecule has 1 aromatic carbocycles. The molecule has 0 spiro atoms. The number of hydrogen-bond donors (Lipinski definition) is 2. The molecule has 134 valence electrons. The Morgan fingerprint density at radius 2 is 2.04 bits per heavy atom. The van der Waals surface area contributed by atoms with Gasteiger partial charge in [0, 0.05) is 38.8 Å². The number of halogens is 1. The number of nitro benzene ring substituents is 1. The summed E-state index contributed by atoms with van der Waals surface area (Å²) in [5.41, 5.74) is 0.0603. The number of rotatable bonds is 7. The first-order chi connectivity index (χ1) is 11.3. The zero-order valence-electron chi connectivity index (χ0n) is 13.4. The van der Waals surface area contributed by atoms with E-state index in [9.17, 15) is 18.5 Å². The van der Waals surface area contributed by atoms with Crippen molar-refractivity contribution in [3.05, 3.63) is 32.8 Å². The molecule has 0 unspecified atom stereocenters. The van der Waals surface area contributed by atoms with Gasteiger partial charge in [-0.05, 0) is 31.5 Å². The van der Waals surface area contributed by atoms with Crippen molar-refractivity contribution in [2.75, 3.05) is 39.3 Å². The maximum atomic E-state index is 12.4. The quantitative estimate of drug-likeness (QED) is 0.420. The summed E-state index contributed by atoms with van der Waals surface area (Å²) in [6.45, 7) is 6.41. The fourth-order valence-corrected chi connectivity index (χ4v) is 4.30. The van der Waals surface area contributed by atoms with Crippen molar-refractivity contribution in [1.82, 2.24) is 14.9 Å². The lowest BCUT2D eigenvalue weighted by Gasteiger charge is -2.27. The minimum absolute atomic E-state index is 0.252. The van der Waals surface area contributed by atoms with Crippen LogP contribution in [0, 0.1) is 17.0 Å². The van der Waals surface area contributed by atoms with Gasteiger partial charge in [0.1, 0.15) is 9.92 Å². The second-order valence-electron chi connectivity index (χ2n) is 5.70. The highest BCUT2D eigenvalue weighted by atomic mass is 35.5. The highest BCUT2D eigenvalue weighted by Crippen LogP contribution is 2.32. The van der Waals surface area contributed by atoms with Crippen LogP contribution < -0.4 is 10.0 Å². The summed E-state index contributed by atoms with van der Waals surface area (Å²) in [7, 11) is -3.89. The van der Waals surface area contributed by atoms with E-state index >= 15 is 0 Å². The van der Waals surface area contributed by atoms with Gasteiger partial charge in [-0.1, -0.05) is 11.6 Å². The molecule has 0 saturated carbocycles. The summed E-state index contributed by atoms with van der Waals surface area (Å²) in [6, 6.07) is 2.60. The average molecular weight is 377 g/mol. The lowest BCUT2D eigenvalue weighted by Crippen LogP contribution is -2.44.